The molecule has 0 bridgehead atoms. The number of benzene rings is 2. The molecule has 20 heavy (non-hydrogen) atoms. The molecule has 2 aromatic carbocycles. The second kappa shape index (κ2) is 6.71. The van der Waals surface area contributed by atoms with E-state index in [1.807, 2.05) is 7.05 Å². The molecule has 1 atom stereocenters. The topological polar surface area (TPSA) is 12.0 Å². The summed E-state index contributed by atoms with van der Waals surface area (Å²) in [6, 6.07) is 16.1. The van der Waals surface area contributed by atoms with Crippen LogP contribution in [0.1, 0.15) is 40.8 Å². The monoisotopic (exact) mass is 267 g/mol. The van der Waals surface area contributed by atoms with Crippen LogP contribution in [0.5, 0.6) is 0 Å². The average Bonchev–Trinajstić information content (AvgIpc) is 2.48. The first-order valence-corrected chi connectivity index (χ1v) is 7.46. The van der Waals surface area contributed by atoms with E-state index in [1.165, 1.54) is 27.8 Å². The van der Waals surface area contributed by atoms with E-state index in [1.54, 1.807) is 0 Å². The molecule has 1 unspecified atom stereocenters. The molecule has 1 nitrogen and oxygen atoms in total. The molecular weight excluding hydrogens is 242 g/mol. The minimum atomic E-state index is 0.378. The van der Waals surface area contributed by atoms with Gasteiger partial charge in [-0.1, -0.05) is 49.4 Å². The van der Waals surface area contributed by atoms with Crippen molar-refractivity contribution in [3.63, 3.8) is 0 Å². The van der Waals surface area contributed by atoms with E-state index in [0.29, 0.717) is 6.04 Å². The summed E-state index contributed by atoms with van der Waals surface area (Å²) in [5.41, 5.74) is 6.89. The van der Waals surface area contributed by atoms with Crippen LogP contribution < -0.4 is 5.32 Å². The lowest BCUT2D eigenvalue weighted by molar-refractivity contribution is 0.591. The molecule has 0 saturated heterocycles. The molecule has 0 aliphatic heterocycles. The van der Waals surface area contributed by atoms with Gasteiger partial charge in [-0.05, 0) is 61.6 Å². The standard InChI is InChI=1S/C19H25N/c1-5-16-8-10-18(11-9-16)19(20-4)13-17-7-6-14(2)15(3)12-17/h6-12,19-20H,5,13H2,1-4H3. The van der Waals surface area contributed by atoms with Gasteiger partial charge in [-0.3, -0.25) is 0 Å². The largest absolute Gasteiger partial charge is 0.313 e. The quantitative estimate of drug-likeness (QED) is 0.848. The molecule has 0 fully saturated rings. The fourth-order valence-corrected chi connectivity index (χ4v) is 2.54. The third-order valence-electron chi connectivity index (χ3n) is 4.15. The van der Waals surface area contributed by atoms with Crippen molar-refractivity contribution >= 4 is 0 Å². The number of nitrogens with one attached hydrogen (secondary N) is 1. The van der Waals surface area contributed by atoms with Gasteiger partial charge >= 0.3 is 0 Å². The maximum atomic E-state index is 3.44. The smallest absolute Gasteiger partial charge is 0.0358 e. The number of likely N-dealkylation sites (N-methyl/N-ethyl adjacent to an activating group) is 1. The van der Waals surface area contributed by atoms with Crippen LogP contribution in [0.3, 0.4) is 0 Å². The summed E-state index contributed by atoms with van der Waals surface area (Å²) in [5, 5.41) is 3.44. The first kappa shape index (κ1) is 14.8. The SMILES string of the molecule is CCc1ccc(C(Cc2ccc(C)c(C)c2)NC)cc1. The van der Waals surface area contributed by atoms with Crippen molar-refractivity contribution in [1.82, 2.24) is 5.32 Å². The molecule has 106 valence electrons. The molecule has 2 aromatic rings. The van der Waals surface area contributed by atoms with Crippen molar-refractivity contribution in [2.45, 2.75) is 39.7 Å². The summed E-state index contributed by atoms with van der Waals surface area (Å²) in [4.78, 5) is 0. The number of rotatable bonds is 5. The summed E-state index contributed by atoms with van der Waals surface area (Å²) in [5.74, 6) is 0. The van der Waals surface area contributed by atoms with E-state index in [4.69, 9.17) is 0 Å². The summed E-state index contributed by atoms with van der Waals surface area (Å²) in [6.45, 7) is 6.54. The first-order chi connectivity index (χ1) is 9.63. The van der Waals surface area contributed by atoms with Gasteiger partial charge < -0.3 is 5.32 Å². The highest BCUT2D eigenvalue weighted by atomic mass is 14.9. The minimum absolute atomic E-state index is 0.378. The maximum Gasteiger partial charge on any atom is 0.0358 e. The lowest BCUT2D eigenvalue weighted by Crippen LogP contribution is -2.18. The summed E-state index contributed by atoms with van der Waals surface area (Å²) in [7, 11) is 2.04. The zero-order valence-corrected chi connectivity index (χ0v) is 13.0. The van der Waals surface area contributed by atoms with E-state index in [2.05, 4.69) is 68.6 Å². The van der Waals surface area contributed by atoms with E-state index < -0.39 is 0 Å². The molecule has 0 amide bonds. The lowest BCUT2D eigenvalue weighted by Gasteiger charge is -2.18. The molecule has 0 heterocycles. The Kier molecular flexibility index (Phi) is 4.97. The van der Waals surface area contributed by atoms with Gasteiger partial charge in [-0.15, -0.1) is 0 Å². The molecule has 0 radical (unpaired) electrons. The maximum absolute atomic E-state index is 3.44. The van der Waals surface area contributed by atoms with Crippen LogP contribution in [0.2, 0.25) is 0 Å². The van der Waals surface area contributed by atoms with Gasteiger partial charge in [0.15, 0.2) is 0 Å². The van der Waals surface area contributed by atoms with Crippen molar-refractivity contribution in [2.24, 2.45) is 0 Å². The Balaban J connectivity index is 2.16. The molecule has 0 aliphatic carbocycles. The highest BCUT2D eigenvalue weighted by molar-refractivity contribution is 5.32. The minimum Gasteiger partial charge on any atom is -0.313 e. The van der Waals surface area contributed by atoms with Crippen molar-refractivity contribution in [1.29, 1.82) is 0 Å². The molecular formula is C19H25N. The Hall–Kier alpha value is -1.60. The third kappa shape index (κ3) is 3.49. The molecule has 0 spiro atoms. The Morgan fingerprint density at radius 1 is 0.900 bits per heavy atom. The van der Waals surface area contributed by atoms with Gasteiger partial charge in [-0.2, -0.15) is 0 Å². The predicted octanol–water partition coefficient (Wildman–Crippen LogP) is 4.37. The van der Waals surface area contributed by atoms with Gasteiger partial charge in [0.2, 0.25) is 0 Å². The number of hydrogen-bond donors (Lipinski definition) is 1. The molecule has 1 heteroatoms. The third-order valence-corrected chi connectivity index (χ3v) is 4.15. The Morgan fingerprint density at radius 3 is 2.10 bits per heavy atom. The van der Waals surface area contributed by atoms with Gasteiger partial charge in [0.25, 0.3) is 0 Å². The fraction of sp³-hybridized carbons (Fsp3) is 0.368. The highest BCUT2D eigenvalue weighted by Crippen LogP contribution is 2.20. The normalized spacial score (nSPS) is 12.4. The van der Waals surface area contributed by atoms with Crippen LogP contribution >= 0.6 is 0 Å². The van der Waals surface area contributed by atoms with Crippen LogP contribution in [0, 0.1) is 13.8 Å². The van der Waals surface area contributed by atoms with Crippen LogP contribution in [0.15, 0.2) is 42.5 Å². The molecule has 0 saturated carbocycles. The zero-order chi connectivity index (χ0) is 14.5. The van der Waals surface area contributed by atoms with E-state index >= 15 is 0 Å². The first-order valence-electron chi connectivity index (χ1n) is 7.46. The molecule has 0 aliphatic rings. The van der Waals surface area contributed by atoms with E-state index in [-0.39, 0.29) is 0 Å². The summed E-state index contributed by atoms with van der Waals surface area (Å²) in [6.07, 6.45) is 2.13. The molecule has 1 N–H and O–H groups in total. The van der Waals surface area contributed by atoms with E-state index in [9.17, 15) is 0 Å². The van der Waals surface area contributed by atoms with Crippen LogP contribution in [-0.2, 0) is 12.8 Å². The van der Waals surface area contributed by atoms with Crippen LogP contribution in [-0.4, -0.2) is 7.05 Å². The van der Waals surface area contributed by atoms with E-state index in [0.717, 1.165) is 12.8 Å². The zero-order valence-electron chi connectivity index (χ0n) is 13.0. The van der Waals surface area contributed by atoms with Gasteiger partial charge in [-0.25, -0.2) is 0 Å². The van der Waals surface area contributed by atoms with Crippen molar-refractivity contribution < 1.29 is 0 Å². The van der Waals surface area contributed by atoms with Crippen molar-refractivity contribution in [3.8, 4) is 0 Å². The molecule has 2 rings (SSSR count). The summed E-state index contributed by atoms with van der Waals surface area (Å²) < 4.78 is 0. The average molecular weight is 267 g/mol. The number of hydrogen-bond acceptors (Lipinski definition) is 1. The summed E-state index contributed by atoms with van der Waals surface area (Å²) >= 11 is 0. The molecule has 0 aromatic heterocycles. The number of aryl methyl sites for hydroxylation is 3. The van der Waals surface area contributed by atoms with Crippen molar-refractivity contribution in [2.75, 3.05) is 7.05 Å². The van der Waals surface area contributed by atoms with Crippen LogP contribution in [0.25, 0.3) is 0 Å². The Labute approximate surface area is 123 Å². The van der Waals surface area contributed by atoms with Gasteiger partial charge in [0, 0.05) is 6.04 Å². The van der Waals surface area contributed by atoms with Crippen molar-refractivity contribution in [3.05, 3.63) is 70.3 Å². The lowest BCUT2D eigenvalue weighted by atomic mass is 9.96. The predicted molar refractivity (Wildman–Crippen MR) is 87.2 cm³/mol. The van der Waals surface area contributed by atoms with Crippen LogP contribution in [0.4, 0.5) is 0 Å². The fourth-order valence-electron chi connectivity index (χ4n) is 2.54. The van der Waals surface area contributed by atoms with Gasteiger partial charge in [0.05, 0.1) is 0 Å². The van der Waals surface area contributed by atoms with Gasteiger partial charge in [0.1, 0.15) is 0 Å². The Bertz CT molecular complexity index is 554. The highest BCUT2D eigenvalue weighted by Gasteiger charge is 2.10. The second-order valence-corrected chi connectivity index (χ2v) is 5.56. The second-order valence-electron chi connectivity index (χ2n) is 5.56. The Morgan fingerprint density at radius 2 is 1.55 bits per heavy atom.